The summed E-state index contributed by atoms with van der Waals surface area (Å²) in [5, 5.41) is 5.19. The minimum Gasteiger partial charge on any atom is -0.237 e. The van der Waals surface area contributed by atoms with Gasteiger partial charge in [0.1, 0.15) is 0 Å². The van der Waals surface area contributed by atoms with E-state index in [0.29, 0.717) is 15.9 Å². The first-order valence-corrected chi connectivity index (χ1v) is 5.55. The van der Waals surface area contributed by atoms with Crippen LogP contribution in [0.2, 0.25) is 10.0 Å². The topological polar surface area (TPSA) is 17.8 Å². The largest absolute Gasteiger partial charge is 0.237 e. The molecule has 5 heteroatoms. The van der Waals surface area contributed by atoms with Gasteiger partial charge in [-0.05, 0) is 24.3 Å². The number of nitrogens with zero attached hydrogens (tertiary/aromatic N) is 2. The molecule has 0 spiro atoms. The minimum absolute atomic E-state index is 0.403. The van der Waals surface area contributed by atoms with Gasteiger partial charge in [-0.25, -0.2) is 4.68 Å². The predicted octanol–water partition coefficient (Wildman–Crippen LogP) is 3.92. The number of hydrogen-bond acceptors (Lipinski definition) is 1. The minimum atomic E-state index is 0.403. The van der Waals surface area contributed by atoms with Crippen molar-refractivity contribution in [3.05, 3.63) is 46.2 Å². The smallest absolute Gasteiger partial charge is 0.0665 e. The lowest BCUT2D eigenvalue weighted by Crippen LogP contribution is -2.00. The molecular weight excluding hydrogens is 254 g/mol. The standard InChI is InChI=1S/C10H7Cl3N2/c11-6-8-3-4-14-15(8)7-1-2-9(12)10(13)5-7/h1-5H,6H2. The van der Waals surface area contributed by atoms with E-state index in [-0.39, 0.29) is 0 Å². The van der Waals surface area contributed by atoms with E-state index in [1.165, 1.54) is 0 Å². The van der Waals surface area contributed by atoms with Crippen LogP contribution in [0.5, 0.6) is 0 Å². The van der Waals surface area contributed by atoms with Crippen LogP contribution in [-0.4, -0.2) is 9.78 Å². The molecule has 1 heterocycles. The Labute approximate surface area is 102 Å². The maximum Gasteiger partial charge on any atom is 0.0665 e. The molecule has 2 aromatic rings. The Hall–Kier alpha value is -0.700. The summed E-state index contributed by atoms with van der Waals surface area (Å²) in [6.45, 7) is 0. The van der Waals surface area contributed by atoms with Gasteiger partial charge in [-0.15, -0.1) is 11.6 Å². The molecule has 0 aliphatic heterocycles. The van der Waals surface area contributed by atoms with Crippen molar-refractivity contribution in [2.24, 2.45) is 0 Å². The van der Waals surface area contributed by atoms with Crippen molar-refractivity contribution in [1.82, 2.24) is 9.78 Å². The first kappa shape index (κ1) is 10.8. The molecule has 0 radical (unpaired) electrons. The summed E-state index contributed by atoms with van der Waals surface area (Å²) in [6.07, 6.45) is 1.69. The molecule has 0 saturated carbocycles. The number of hydrogen-bond donors (Lipinski definition) is 0. The molecule has 0 amide bonds. The lowest BCUT2D eigenvalue weighted by atomic mass is 10.3. The highest BCUT2D eigenvalue weighted by atomic mass is 35.5. The average molecular weight is 262 g/mol. The molecular formula is C10H7Cl3N2. The fourth-order valence-corrected chi connectivity index (χ4v) is 1.78. The lowest BCUT2D eigenvalue weighted by Gasteiger charge is -2.06. The van der Waals surface area contributed by atoms with Crippen LogP contribution in [0.15, 0.2) is 30.5 Å². The van der Waals surface area contributed by atoms with Crippen molar-refractivity contribution in [2.75, 3.05) is 0 Å². The zero-order valence-corrected chi connectivity index (χ0v) is 9.89. The van der Waals surface area contributed by atoms with Gasteiger partial charge in [0.15, 0.2) is 0 Å². The van der Waals surface area contributed by atoms with E-state index in [9.17, 15) is 0 Å². The molecule has 2 rings (SSSR count). The first-order valence-electron chi connectivity index (χ1n) is 4.26. The molecule has 0 unspecified atom stereocenters. The summed E-state index contributed by atoms with van der Waals surface area (Å²) >= 11 is 17.5. The zero-order chi connectivity index (χ0) is 10.8. The molecule has 2 nitrogen and oxygen atoms in total. The second-order valence-corrected chi connectivity index (χ2v) is 4.05. The van der Waals surface area contributed by atoms with Crippen molar-refractivity contribution in [3.63, 3.8) is 0 Å². The van der Waals surface area contributed by atoms with Gasteiger partial charge >= 0.3 is 0 Å². The van der Waals surface area contributed by atoms with Gasteiger partial charge in [0.25, 0.3) is 0 Å². The van der Waals surface area contributed by atoms with E-state index in [0.717, 1.165) is 11.4 Å². The van der Waals surface area contributed by atoms with E-state index in [1.807, 2.05) is 12.1 Å². The van der Waals surface area contributed by atoms with Crippen molar-refractivity contribution in [1.29, 1.82) is 0 Å². The molecule has 0 fully saturated rings. The number of alkyl halides is 1. The van der Waals surface area contributed by atoms with Gasteiger partial charge in [-0.3, -0.25) is 0 Å². The third-order valence-electron chi connectivity index (χ3n) is 2.01. The summed E-state index contributed by atoms with van der Waals surface area (Å²) in [5.74, 6) is 0.403. The number of halogens is 3. The summed E-state index contributed by atoms with van der Waals surface area (Å²) in [4.78, 5) is 0. The fourth-order valence-electron chi connectivity index (χ4n) is 1.28. The van der Waals surface area contributed by atoms with Crippen molar-refractivity contribution >= 4 is 34.8 Å². The maximum atomic E-state index is 5.92. The third kappa shape index (κ3) is 2.12. The lowest BCUT2D eigenvalue weighted by molar-refractivity contribution is 0.840. The Morgan fingerprint density at radius 1 is 1.13 bits per heavy atom. The van der Waals surface area contributed by atoms with E-state index in [1.54, 1.807) is 23.0 Å². The van der Waals surface area contributed by atoms with Crippen molar-refractivity contribution < 1.29 is 0 Å². The van der Waals surface area contributed by atoms with Gasteiger partial charge in [0.05, 0.1) is 27.3 Å². The maximum absolute atomic E-state index is 5.92. The second kappa shape index (κ2) is 4.44. The summed E-state index contributed by atoms with van der Waals surface area (Å²) < 4.78 is 1.73. The second-order valence-electron chi connectivity index (χ2n) is 2.97. The van der Waals surface area contributed by atoms with Gasteiger partial charge < -0.3 is 0 Å². The highest BCUT2D eigenvalue weighted by Gasteiger charge is 2.05. The molecule has 1 aromatic heterocycles. The molecule has 0 N–H and O–H groups in total. The van der Waals surface area contributed by atoms with Gasteiger partial charge in [0, 0.05) is 6.20 Å². The molecule has 0 aliphatic rings. The first-order chi connectivity index (χ1) is 7.22. The third-order valence-corrected chi connectivity index (χ3v) is 3.02. The van der Waals surface area contributed by atoms with Crippen LogP contribution < -0.4 is 0 Å². The Morgan fingerprint density at radius 2 is 1.93 bits per heavy atom. The zero-order valence-electron chi connectivity index (χ0n) is 7.62. The molecule has 0 atom stereocenters. The molecule has 78 valence electrons. The monoisotopic (exact) mass is 260 g/mol. The van der Waals surface area contributed by atoms with E-state index in [4.69, 9.17) is 34.8 Å². The van der Waals surface area contributed by atoms with Crippen LogP contribution in [-0.2, 0) is 5.88 Å². The highest BCUT2D eigenvalue weighted by Crippen LogP contribution is 2.24. The predicted molar refractivity (Wildman–Crippen MR) is 63.1 cm³/mol. The van der Waals surface area contributed by atoms with Gasteiger partial charge in [-0.1, -0.05) is 23.2 Å². The Bertz CT molecular complexity index is 479. The van der Waals surface area contributed by atoms with E-state index in [2.05, 4.69) is 5.10 Å². The molecule has 0 bridgehead atoms. The fraction of sp³-hybridized carbons (Fsp3) is 0.100. The van der Waals surface area contributed by atoms with Crippen LogP contribution in [0.25, 0.3) is 5.69 Å². The summed E-state index contributed by atoms with van der Waals surface area (Å²) in [5.41, 5.74) is 1.76. The number of rotatable bonds is 2. The Balaban J connectivity index is 2.50. The van der Waals surface area contributed by atoms with Crippen LogP contribution >= 0.6 is 34.8 Å². The van der Waals surface area contributed by atoms with Crippen LogP contribution in [0.1, 0.15) is 5.69 Å². The molecule has 0 aliphatic carbocycles. The molecule has 1 aromatic carbocycles. The highest BCUT2D eigenvalue weighted by molar-refractivity contribution is 6.42. The average Bonchev–Trinajstić information content (AvgIpc) is 2.70. The molecule has 15 heavy (non-hydrogen) atoms. The SMILES string of the molecule is ClCc1ccnn1-c1ccc(Cl)c(Cl)c1. The van der Waals surface area contributed by atoms with Gasteiger partial charge in [-0.2, -0.15) is 5.10 Å². The van der Waals surface area contributed by atoms with Crippen molar-refractivity contribution in [2.45, 2.75) is 5.88 Å². The summed E-state index contributed by atoms with van der Waals surface area (Å²) in [6, 6.07) is 7.19. The molecule has 0 saturated heterocycles. The normalized spacial score (nSPS) is 10.6. The Kier molecular flexibility index (Phi) is 3.19. The number of benzene rings is 1. The van der Waals surface area contributed by atoms with Crippen LogP contribution in [0.3, 0.4) is 0 Å². The van der Waals surface area contributed by atoms with Crippen LogP contribution in [0, 0.1) is 0 Å². The van der Waals surface area contributed by atoms with E-state index >= 15 is 0 Å². The number of aromatic nitrogens is 2. The quantitative estimate of drug-likeness (QED) is 0.749. The summed E-state index contributed by atoms with van der Waals surface area (Å²) in [7, 11) is 0. The Morgan fingerprint density at radius 3 is 2.60 bits per heavy atom. The van der Waals surface area contributed by atoms with E-state index < -0.39 is 0 Å². The van der Waals surface area contributed by atoms with Crippen LogP contribution in [0.4, 0.5) is 0 Å². The van der Waals surface area contributed by atoms with Crippen molar-refractivity contribution in [3.8, 4) is 5.69 Å². The van der Waals surface area contributed by atoms with Gasteiger partial charge in [0.2, 0.25) is 0 Å².